The third kappa shape index (κ3) is 3.48. The molecule has 1 saturated heterocycles. The molecule has 1 aliphatic heterocycles. The molecule has 8 nitrogen and oxygen atoms in total. The molecule has 0 spiro atoms. The zero-order chi connectivity index (χ0) is 19.8. The van der Waals surface area contributed by atoms with Crippen LogP contribution in [0.5, 0.6) is 11.5 Å². The Bertz CT molecular complexity index is 972. The molecular weight excluding hydrogens is 364 g/mol. The summed E-state index contributed by atoms with van der Waals surface area (Å²) in [5.74, 6) is 1.13. The number of aliphatic hydroxyl groups excluding tert-OH is 4. The Kier molecular flexibility index (Phi) is 5.05. The highest BCUT2D eigenvalue weighted by Crippen LogP contribution is 2.34. The molecule has 2 aromatic heterocycles. The van der Waals surface area contributed by atoms with E-state index in [1.807, 2.05) is 35.9 Å². The number of ether oxygens (including phenoxy) is 2. The van der Waals surface area contributed by atoms with Crippen LogP contribution in [0.1, 0.15) is 17.4 Å². The first-order chi connectivity index (χ1) is 13.5. The highest BCUT2D eigenvalue weighted by Gasteiger charge is 2.43. The van der Waals surface area contributed by atoms with E-state index < -0.39 is 37.1 Å². The number of rotatable bonds is 4. The monoisotopic (exact) mass is 386 g/mol. The zero-order valence-electron chi connectivity index (χ0n) is 15.2. The van der Waals surface area contributed by atoms with Crippen LogP contribution in [-0.4, -0.2) is 60.8 Å². The van der Waals surface area contributed by atoms with Crippen LogP contribution in [-0.2, 0) is 4.74 Å². The van der Waals surface area contributed by atoms with Gasteiger partial charge in [0.05, 0.1) is 18.5 Å². The van der Waals surface area contributed by atoms with Gasteiger partial charge >= 0.3 is 0 Å². The van der Waals surface area contributed by atoms with Crippen LogP contribution in [0.4, 0.5) is 0 Å². The van der Waals surface area contributed by atoms with Crippen molar-refractivity contribution in [1.82, 2.24) is 9.38 Å². The van der Waals surface area contributed by atoms with Gasteiger partial charge in [-0.3, -0.25) is 0 Å². The van der Waals surface area contributed by atoms with E-state index in [2.05, 4.69) is 4.98 Å². The Hall–Kier alpha value is -2.49. The number of fused-ring (bicyclic) bond motifs is 1. The maximum atomic E-state index is 10.3. The molecule has 0 bridgehead atoms. The Labute approximate surface area is 161 Å². The maximum absolute atomic E-state index is 10.3. The van der Waals surface area contributed by atoms with Crippen molar-refractivity contribution in [1.29, 1.82) is 0 Å². The Morgan fingerprint density at radius 3 is 2.64 bits per heavy atom. The van der Waals surface area contributed by atoms with E-state index >= 15 is 0 Å². The lowest BCUT2D eigenvalue weighted by atomic mass is 9.91. The summed E-state index contributed by atoms with van der Waals surface area (Å²) in [4.78, 5) is 4.37. The summed E-state index contributed by atoms with van der Waals surface area (Å²) >= 11 is 0. The molecule has 1 unspecified atom stereocenters. The number of hydrogen-bond acceptors (Lipinski definition) is 7. The number of hydrogen-bond donors (Lipinski definition) is 4. The summed E-state index contributed by atoms with van der Waals surface area (Å²) in [6.07, 6.45) is -2.30. The third-order valence-electron chi connectivity index (χ3n) is 4.86. The summed E-state index contributed by atoms with van der Waals surface area (Å²) in [5.41, 5.74) is 2.29. The fourth-order valence-electron chi connectivity index (χ4n) is 3.43. The second kappa shape index (κ2) is 7.50. The lowest BCUT2D eigenvalue weighted by Gasteiger charge is -2.40. The van der Waals surface area contributed by atoms with Crippen LogP contribution < -0.4 is 4.74 Å². The standard InChI is InChI=1S/C20H22N2O6/c1-11-8-22-9-14(5-6-16(22)21-11)27-13-4-2-3-12(7-13)20-19(26)18(25)17(24)15(10-23)28-20/h2-9,15,17-20,23-26H,10H2,1H3/t15-,17-,18+,19+,20?/m1/s1. The molecule has 4 rings (SSSR count). The lowest BCUT2D eigenvalue weighted by molar-refractivity contribution is -0.231. The Morgan fingerprint density at radius 1 is 1.04 bits per heavy atom. The summed E-state index contributed by atoms with van der Waals surface area (Å²) < 4.78 is 13.4. The molecule has 148 valence electrons. The van der Waals surface area contributed by atoms with Gasteiger partial charge in [0.1, 0.15) is 47.7 Å². The highest BCUT2D eigenvalue weighted by molar-refractivity contribution is 5.44. The number of aliphatic hydroxyl groups is 4. The van der Waals surface area contributed by atoms with E-state index in [-0.39, 0.29) is 0 Å². The average Bonchev–Trinajstić information content (AvgIpc) is 3.06. The van der Waals surface area contributed by atoms with Gasteiger partial charge in [-0.15, -0.1) is 0 Å². The van der Waals surface area contributed by atoms with E-state index in [0.717, 1.165) is 11.3 Å². The van der Waals surface area contributed by atoms with Crippen LogP contribution >= 0.6 is 0 Å². The van der Waals surface area contributed by atoms with Crippen molar-refractivity contribution in [2.45, 2.75) is 37.4 Å². The predicted molar refractivity (Wildman–Crippen MR) is 99.2 cm³/mol. The first-order valence-electron chi connectivity index (χ1n) is 9.00. The first kappa shape index (κ1) is 18.9. The second-order valence-electron chi connectivity index (χ2n) is 6.94. The molecule has 1 fully saturated rings. The number of pyridine rings is 1. The summed E-state index contributed by atoms with van der Waals surface area (Å²) in [6, 6.07) is 10.6. The van der Waals surface area contributed by atoms with Crippen LogP contribution in [0, 0.1) is 6.92 Å². The molecule has 0 amide bonds. The largest absolute Gasteiger partial charge is 0.456 e. The van der Waals surface area contributed by atoms with Crippen molar-refractivity contribution in [3.8, 4) is 11.5 Å². The van der Waals surface area contributed by atoms with Crippen molar-refractivity contribution < 1.29 is 29.9 Å². The first-order valence-corrected chi connectivity index (χ1v) is 9.00. The molecule has 3 heterocycles. The lowest BCUT2D eigenvalue weighted by Crippen LogP contribution is -2.55. The predicted octanol–water partition coefficient (Wildman–Crippen LogP) is 0.950. The minimum absolute atomic E-state index is 0.470. The van der Waals surface area contributed by atoms with E-state index in [1.165, 1.54) is 0 Å². The minimum atomic E-state index is -1.42. The number of nitrogens with zero attached hydrogens (tertiary/aromatic N) is 2. The third-order valence-corrected chi connectivity index (χ3v) is 4.86. The van der Waals surface area contributed by atoms with Crippen molar-refractivity contribution in [2.24, 2.45) is 0 Å². The zero-order valence-corrected chi connectivity index (χ0v) is 15.2. The van der Waals surface area contributed by atoms with Crippen molar-refractivity contribution in [2.75, 3.05) is 6.61 Å². The number of imidazole rings is 1. The molecule has 28 heavy (non-hydrogen) atoms. The molecule has 0 radical (unpaired) electrons. The van der Waals surface area contributed by atoms with Crippen molar-refractivity contribution >= 4 is 5.65 Å². The van der Waals surface area contributed by atoms with E-state index in [4.69, 9.17) is 9.47 Å². The molecule has 4 N–H and O–H groups in total. The normalized spacial score (nSPS) is 27.8. The SMILES string of the molecule is Cc1cn2cc(Oc3cccc(C4O[C@H](CO)[C@@H](O)[C@H](O)[C@@H]4O)c3)ccc2n1. The van der Waals surface area contributed by atoms with Gasteiger partial charge in [0, 0.05) is 6.20 Å². The van der Waals surface area contributed by atoms with Gasteiger partial charge in [0.15, 0.2) is 0 Å². The van der Waals surface area contributed by atoms with E-state index in [1.54, 1.807) is 24.3 Å². The van der Waals surface area contributed by atoms with Crippen LogP contribution in [0.15, 0.2) is 48.8 Å². The molecule has 1 aliphatic rings. The van der Waals surface area contributed by atoms with Crippen molar-refractivity contribution in [3.63, 3.8) is 0 Å². The minimum Gasteiger partial charge on any atom is -0.456 e. The second-order valence-corrected chi connectivity index (χ2v) is 6.94. The molecule has 5 atom stereocenters. The van der Waals surface area contributed by atoms with Crippen LogP contribution in [0.2, 0.25) is 0 Å². The smallest absolute Gasteiger partial charge is 0.144 e. The summed E-state index contributed by atoms with van der Waals surface area (Å²) in [5, 5.41) is 39.6. The van der Waals surface area contributed by atoms with Gasteiger partial charge in [-0.25, -0.2) is 4.98 Å². The summed E-state index contributed by atoms with van der Waals surface area (Å²) in [6.45, 7) is 1.44. The van der Waals surface area contributed by atoms with E-state index in [9.17, 15) is 20.4 Å². The topological polar surface area (TPSA) is 117 Å². The molecule has 0 saturated carbocycles. The summed E-state index contributed by atoms with van der Waals surface area (Å²) in [7, 11) is 0. The quantitative estimate of drug-likeness (QED) is 0.527. The Morgan fingerprint density at radius 2 is 1.86 bits per heavy atom. The van der Waals surface area contributed by atoms with Gasteiger partial charge < -0.3 is 34.3 Å². The molecular formula is C20H22N2O6. The van der Waals surface area contributed by atoms with Gasteiger partial charge in [-0.2, -0.15) is 0 Å². The molecule has 8 heteroatoms. The number of aromatic nitrogens is 2. The number of benzene rings is 1. The van der Waals surface area contributed by atoms with Crippen LogP contribution in [0.3, 0.4) is 0 Å². The molecule has 1 aromatic carbocycles. The average molecular weight is 386 g/mol. The fraction of sp³-hybridized carbons (Fsp3) is 0.350. The highest BCUT2D eigenvalue weighted by atomic mass is 16.5. The molecule has 0 aliphatic carbocycles. The Balaban J connectivity index is 1.58. The number of aryl methyl sites for hydroxylation is 1. The fourth-order valence-corrected chi connectivity index (χ4v) is 3.43. The van der Waals surface area contributed by atoms with Gasteiger partial charge in [0.2, 0.25) is 0 Å². The molecule has 3 aromatic rings. The van der Waals surface area contributed by atoms with Gasteiger partial charge in [-0.1, -0.05) is 12.1 Å². The maximum Gasteiger partial charge on any atom is 0.144 e. The van der Waals surface area contributed by atoms with Gasteiger partial charge in [0.25, 0.3) is 0 Å². The van der Waals surface area contributed by atoms with E-state index in [0.29, 0.717) is 17.1 Å². The van der Waals surface area contributed by atoms with Crippen molar-refractivity contribution in [3.05, 3.63) is 60.0 Å². The van der Waals surface area contributed by atoms with Crippen LogP contribution in [0.25, 0.3) is 5.65 Å². The van der Waals surface area contributed by atoms with Gasteiger partial charge in [-0.05, 0) is 36.8 Å².